The van der Waals surface area contributed by atoms with E-state index in [9.17, 15) is 14.5 Å². The van der Waals surface area contributed by atoms with Crippen molar-refractivity contribution in [1.29, 1.82) is 0 Å². The number of anilines is 1. The highest BCUT2D eigenvalue weighted by Gasteiger charge is 2.17. The van der Waals surface area contributed by atoms with Gasteiger partial charge in [-0.3, -0.25) is 10.1 Å². The fourth-order valence-corrected chi connectivity index (χ4v) is 1.70. The third-order valence-corrected chi connectivity index (χ3v) is 2.84. The van der Waals surface area contributed by atoms with Crippen molar-refractivity contribution in [2.75, 3.05) is 5.32 Å². The van der Waals surface area contributed by atoms with Crippen molar-refractivity contribution >= 4 is 11.4 Å². The van der Waals surface area contributed by atoms with E-state index in [1.165, 1.54) is 12.1 Å². The quantitative estimate of drug-likeness (QED) is 0.692. The normalized spacial score (nSPS) is 11.4. The van der Waals surface area contributed by atoms with Crippen LogP contribution < -0.4 is 5.32 Å². The number of halogens is 1. The lowest BCUT2D eigenvalue weighted by molar-refractivity contribution is -0.384. The van der Waals surface area contributed by atoms with Gasteiger partial charge in [-0.15, -0.1) is 5.10 Å². The van der Waals surface area contributed by atoms with E-state index in [1.807, 2.05) is 20.8 Å². The highest BCUT2D eigenvalue weighted by Crippen LogP contribution is 2.25. The van der Waals surface area contributed by atoms with E-state index in [2.05, 4.69) is 15.6 Å². The van der Waals surface area contributed by atoms with Crippen molar-refractivity contribution in [1.82, 2.24) is 15.0 Å². The smallest absolute Gasteiger partial charge is 0.295 e. The molecule has 0 aliphatic carbocycles. The van der Waals surface area contributed by atoms with E-state index in [0.29, 0.717) is 5.69 Å². The minimum atomic E-state index is -0.647. The van der Waals surface area contributed by atoms with Crippen LogP contribution in [-0.4, -0.2) is 19.9 Å². The molecule has 8 heteroatoms. The number of hydrogen-bond acceptors (Lipinski definition) is 5. The van der Waals surface area contributed by atoms with Gasteiger partial charge in [0.2, 0.25) is 0 Å². The number of benzene rings is 1. The maximum atomic E-state index is 13.0. The second-order valence-electron chi connectivity index (χ2n) is 5.60. The van der Waals surface area contributed by atoms with Crippen molar-refractivity contribution in [3.05, 3.63) is 46.0 Å². The molecule has 0 saturated carbocycles. The summed E-state index contributed by atoms with van der Waals surface area (Å²) < 4.78 is 14.8. The number of nitrogens with zero attached hydrogens (tertiary/aromatic N) is 4. The van der Waals surface area contributed by atoms with Crippen LogP contribution in [0, 0.1) is 15.9 Å². The first-order valence-corrected chi connectivity index (χ1v) is 6.37. The molecule has 2 aromatic rings. The summed E-state index contributed by atoms with van der Waals surface area (Å²) in [7, 11) is 0. The lowest BCUT2D eigenvalue weighted by atomic mass is 10.1. The molecule has 1 aromatic carbocycles. The molecule has 0 radical (unpaired) electrons. The van der Waals surface area contributed by atoms with Gasteiger partial charge < -0.3 is 5.32 Å². The SMILES string of the molecule is CC(C)(C)n1cc(CNc2ccc(F)cc2[N+](=O)[O-])nn1. The zero-order valence-electron chi connectivity index (χ0n) is 12.0. The predicted octanol–water partition coefficient (Wildman–Crippen LogP) is 2.69. The van der Waals surface area contributed by atoms with Gasteiger partial charge in [-0.25, -0.2) is 9.07 Å². The minimum absolute atomic E-state index is 0.187. The van der Waals surface area contributed by atoms with Gasteiger partial charge in [-0.05, 0) is 32.9 Å². The summed E-state index contributed by atoms with van der Waals surface area (Å²) in [6.07, 6.45) is 1.77. The average molecular weight is 293 g/mol. The van der Waals surface area contributed by atoms with Crippen LogP contribution in [-0.2, 0) is 12.1 Å². The second kappa shape index (κ2) is 5.47. The van der Waals surface area contributed by atoms with Gasteiger partial charge >= 0.3 is 0 Å². The number of rotatable bonds is 4. The fourth-order valence-electron chi connectivity index (χ4n) is 1.70. The maximum Gasteiger partial charge on any atom is 0.295 e. The van der Waals surface area contributed by atoms with E-state index >= 15 is 0 Å². The van der Waals surface area contributed by atoms with Crippen LogP contribution in [0.25, 0.3) is 0 Å². The Bertz CT molecular complexity index is 663. The van der Waals surface area contributed by atoms with Crippen molar-refractivity contribution in [2.24, 2.45) is 0 Å². The Morgan fingerprint density at radius 1 is 1.43 bits per heavy atom. The molecule has 0 spiro atoms. The van der Waals surface area contributed by atoms with Gasteiger partial charge in [0.1, 0.15) is 17.2 Å². The molecular formula is C13H16FN5O2. The van der Waals surface area contributed by atoms with E-state index in [4.69, 9.17) is 0 Å². The molecule has 0 fully saturated rings. The molecule has 0 atom stereocenters. The maximum absolute atomic E-state index is 13.0. The Morgan fingerprint density at radius 2 is 2.14 bits per heavy atom. The summed E-state index contributed by atoms with van der Waals surface area (Å²) in [5.74, 6) is -0.647. The standard InChI is InChI=1S/C13H16FN5O2/c1-13(2,3)18-8-10(16-17-18)7-15-11-5-4-9(14)6-12(11)19(20)21/h4-6,8,15H,7H2,1-3H3. The van der Waals surface area contributed by atoms with Crippen molar-refractivity contribution < 1.29 is 9.31 Å². The number of hydrogen-bond donors (Lipinski definition) is 1. The van der Waals surface area contributed by atoms with Gasteiger partial charge in [0.15, 0.2) is 0 Å². The lowest BCUT2D eigenvalue weighted by Gasteiger charge is -2.17. The molecule has 1 N–H and O–H groups in total. The Labute approximate surface area is 120 Å². The van der Waals surface area contributed by atoms with Gasteiger partial charge in [0, 0.05) is 0 Å². The summed E-state index contributed by atoms with van der Waals surface area (Å²) in [6, 6.07) is 3.39. The third-order valence-electron chi connectivity index (χ3n) is 2.84. The molecule has 7 nitrogen and oxygen atoms in total. The van der Waals surface area contributed by atoms with E-state index in [0.717, 1.165) is 6.07 Å². The minimum Gasteiger partial charge on any atom is -0.374 e. The monoisotopic (exact) mass is 293 g/mol. The van der Waals surface area contributed by atoms with Crippen molar-refractivity contribution in [3.63, 3.8) is 0 Å². The van der Waals surface area contributed by atoms with E-state index in [-0.39, 0.29) is 23.5 Å². The van der Waals surface area contributed by atoms with E-state index < -0.39 is 10.7 Å². The molecule has 0 unspecified atom stereocenters. The highest BCUT2D eigenvalue weighted by atomic mass is 19.1. The first-order valence-electron chi connectivity index (χ1n) is 6.37. The summed E-state index contributed by atoms with van der Waals surface area (Å²) in [6.45, 7) is 6.24. The fraction of sp³-hybridized carbons (Fsp3) is 0.385. The summed E-state index contributed by atoms with van der Waals surface area (Å²) in [4.78, 5) is 10.3. The van der Waals surface area contributed by atoms with Crippen LogP contribution in [0.2, 0.25) is 0 Å². The van der Waals surface area contributed by atoms with Crippen LogP contribution in [0.15, 0.2) is 24.4 Å². The molecule has 0 saturated heterocycles. The second-order valence-corrected chi connectivity index (χ2v) is 5.60. The van der Waals surface area contributed by atoms with Crippen molar-refractivity contribution in [2.45, 2.75) is 32.9 Å². The van der Waals surface area contributed by atoms with Crippen LogP contribution in [0.4, 0.5) is 15.8 Å². The van der Waals surface area contributed by atoms with Crippen LogP contribution >= 0.6 is 0 Å². The summed E-state index contributed by atoms with van der Waals surface area (Å²) in [5.41, 5.74) is 0.390. The van der Waals surface area contributed by atoms with E-state index in [1.54, 1.807) is 10.9 Å². The molecule has 2 rings (SSSR count). The summed E-state index contributed by atoms with van der Waals surface area (Å²) in [5, 5.41) is 21.8. The molecule has 0 aliphatic heterocycles. The van der Waals surface area contributed by atoms with Gasteiger partial charge in [-0.2, -0.15) is 0 Å². The summed E-state index contributed by atoms with van der Waals surface area (Å²) >= 11 is 0. The lowest BCUT2D eigenvalue weighted by Crippen LogP contribution is -2.22. The molecule has 21 heavy (non-hydrogen) atoms. The third kappa shape index (κ3) is 3.53. The van der Waals surface area contributed by atoms with Gasteiger partial charge in [0.25, 0.3) is 5.69 Å². The Kier molecular flexibility index (Phi) is 3.88. The topological polar surface area (TPSA) is 85.9 Å². The Balaban J connectivity index is 2.13. The van der Waals surface area contributed by atoms with Crippen LogP contribution in [0.5, 0.6) is 0 Å². The first kappa shape index (κ1) is 14.9. The first-order chi connectivity index (χ1) is 9.77. The zero-order chi connectivity index (χ0) is 15.6. The predicted molar refractivity (Wildman–Crippen MR) is 75.4 cm³/mol. The number of nitro benzene ring substituents is 1. The van der Waals surface area contributed by atoms with Gasteiger partial charge in [0.05, 0.1) is 29.3 Å². The largest absolute Gasteiger partial charge is 0.374 e. The molecule has 112 valence electrons. The van der Waals surface area contributed by atoms with Crippen LogP contribution in [0.3, 0.4) is 0 Å². The average Bonchev–Trinajstić information content (AvgIpc) is 2.85. The number of nitrogens with one attached hydrogen (secondary N) is 1. The zero-order valence-corrected chi connectivity index (χ0v) is 12.0. The highest BCUT2D eigenvalue weighted by molar-refractivity contribution is 5.61. The Hall–Kier alpha value is -2.51. The number of aromatic nitrogens is 3. The number of nitro groups is 1. The van der Waals surface area contributed by atoms with Crippen LogP contribution in [0.1, 0.15) is 26.5 Å². The molecule has 0 bridgehead atoms. The van der Waals surface area contributed by atoms with Crippen molar-refractivity contribution in [3.8, 4) is 0 Å². The molecule has 0 aliphatic rings. The molecule has 1 heterocycles. The molecular weight excluding hydrogens is 277 g/mol. The molecule has 1 aromatic heterocycles. The van der Waals surface area contributed by atoms with Gasteiger partial charge in [-0.1, -0.05) is 5.21 Å². The Morgan fingerprint density at radius 3 is 2.71 bits per heavy atom. The molecule has 0 amide bonds.